The molecule has 4 unspecified atom stereocenters. The summed E-state index contributed by atoms with van der Waals surface area (Å²) in [7, 11) is -30.2. The zero-order chi connectivity index (χ0) is 94.5. The Morgan fingerprint density at radius 2 is 0.837 bits per heavy atom. The van der Waals surface area contributed by atoms with Crippen LogP contribution >= 0.6 is 0 Å². The predicted octanol–water partition coefficient (Wildman–Crippen LogP) is 16.3. The van der Waals surface area contributed by atoms with E-state index in [1.807, 2.05) is 44.2 Å². The Kier molecular flexibility index (Phi) is 43.0. The molecule has 3 aliphatic heterocycles. The molecule has 129 heavy (non-hydrogen) atoms. The molecule has 3 fully saturated rings. The largest absolute Gasteiger partial charge is 0.744 e. The smallest absolute Gasteiger partial charge is 0.450 e. The van der Waals surface area contributed by atoms with Crippen molar-refractivity contribution in [2.75, 3.05) is 40.8 Å². The Balaban J connectivity index is 0.000000527. The maximum absolute atomic E-state index is 13.6. The second kappa shape index (κ2) is 47.1. The van der Waals surface area contributed by atoms with Crippen LogP contribution in [0.15, 0.2) is 174 Å². The summed E-state index contributed by atoms with van der Waals surface area (Å²) in [6, 6.07) is 45.5. The van der Waals surface area contributed by atoms with E-state index in [2.05, 4.69) is 123 Å². The van der Waals surface area contributed by atoms with Crippen LogP contribution in [-0.4, -0.2) is 142 Å². The van der Waals surface area contributed by atoms with Gasteiger partial charge in [-0.25, -0.2) is 25.3 Å². The zero-order valence-corrected chi connectivity index (χ0v) is 78.1. The molecule has 7 aromatic carbocycles. The highest BCUT2D eigenvalue weighted by molar-refractivity contribution is 7.97. The fourth-order valence-corrected chi connectivity index (χ4v) is 22.4. The number of benzene rings is 7. The topological polar surface area (TPSA) is 322 Å². The van der Waals surface area contributed by atoms with Crippen LogP contribution in [0.4, 0.5) is 58.4 Å². The average molecular weight is 2080 g/mol. The number of amides is 2. The molecular weight excluding hydrogens is 1970 g/mol. The molecule has 3 saturated heterocycles. The Labute approximate surface area is 767 Å². The van der Waals surface area contributed by atoms with Crippen LogP contribution in [0.3, 0.4) is 0 Å². The number of alkyl halides is 12. The van der Waals surface area contributed by atoms with E-state index in [0.29, 0.717) is 51.5 Å². The van der Waals surface area contributed by atoms with Gasteiger partial charge in [-0.2, -0.15) is 69.5 Å². The first-order valence-electron chi connectivity index (χ1n) is 38.8. The van der Waals surface area contributed by atoms with Crippen molar-refractivity contribution in [2.45, 2.75) is 229 Å². The summed E-state index contributed by atoms with van der Waals surface area (Å²) in [5, 5.41) is -24.5. The lowest BCUT2D eigenvalue weighted by Gasteiger charge is -2.32. The Bertz CT molecular complexity index is 5370. The van der Waals surface area contributed by atoms with Gasteiger partial charge in [0.25, 0.3) is 0 Å². The molecule has 3 heterocycles. The van der Waals surface area contributed by atoms with Gasteiger partial charge in [0.15, 0.2) is 38.0 Å². The highest BCUT2D eigenvalue weighted by Crippen LogP contribution is 2.53. The van der Waals surface area contributed by atoms with Gasteiger partial charge < -0.3 is 26.8 Å². The monoisotopic (exact) mass is 2080 g/mol. The quantitative estimate of drug-likeness (QED) is 0.00976. The highest BCUT2D eigenvalue weighted by Gasteiger charge is 2.82. The second-order valence-electron chi connectivity index (χ2n) is 31.4. The number of nitrogens with zero attached hydrogens (tertiary/aromatic N) is 1. The van der Waals surface area contributed by atoms with Crippen molar-refractivity contribution in [2.24, 2.45) is 11.8 Å². The molecule has 40 heteroatoms. The maximum atomic E-state index is 13.6. The van der Waals surface area contributed by atoms with E-state index < -0.39 is 112 Å². The van der Waals surface area contributed by atoms with Crippen LogP contribution < -0.4 is 49.6 Å². The van der Waals surface area contributed by atoms with Crippen LogP contribution in [0, 0.1) is 19.0 Å². The molecule has 4 aliphatic rings. The molecule has 20 nitrogen and oxygen atoms in total. The third kappa shape index (κ3) is 28.9. The zero-order valence-electron chi connectivity index (χ0n) is 70.2. The second-order valence-corrected chi connectivity index (χ2v) is 46.4. The minimum Gasteiger partial charge on any atom is -0.744 e. The third-order valence-corrected chi connectivity index (χ3v) is 33.3. The summed E-state index contributed by atoms with van der Waals surface area (Å²) < 4.78 is 315. The van der Waals surface area contributed by atoms with Gasteiger partial charge in [-0.15, -0.1) is 0 Å². The van der Waals surface area contributed by atoms with E-state index in [9.17, 15) is 123 Å². The van der Waals surface area contributed by atoms with Crippen molar-refractivity contribution in [1.29, 1.82) is 0 Å². The number of halogens is 13. The third-order valence-electron chi connectivity index (χ3n) is 20.4. The summed E-state index contributed by atoms with van der Waals surface area (Å²) in [6.45, 7) is 24.1. The lowest BCUT2D eigenvalue weighted by atomic mass is 9.87. The molecular formula is C89H114F12INO19S7. The molecule has 0 bridgehead atoms. The fourth-order valence-electron chi connectivity index (χ4n) is 12.1. The number of carbonyl (C=O) groups is 3. The summed E-state index contributed by atoms with van der Waals surface area (Å²) in [5.74, 6) is -10.0. The van der Waals surface area contributed by atoms with Gasteiger partial charge in [-0.05, 0) is 192 Å². The number of rotatable bonds is 25. The van der Waals surface area contributed by atoms with Gasteiger partial charge in [0.05, 0.1) is 17.7 Å². The Morgan fingerprint density at radius 1 is 0.481 bits per heavy atom. The number of fused-ring (bicyclic) bond motifs is 1. The lowest BCUT2D eigenvalue weighted by molar-refractivity contribution is -0.597. The van der Waals surface area contributed by atoms with Gasteiger partial charge in [-0.3, -0.25) is 19.3 Å². The van der Waals surface area contributed by atoms with Crippen LogP contribution in [0.25, 0.3) is 12.2 Å². The predicted molar refractivity (Wildman–Crippen MR) is 475 cm³/mol. The minimum atomic E-state index is -7.33. The fraction of sp³-hybridized carbons (Fsp3) is 0.472. The summed E-state index contributed by atoms with van der Waals surface area (Å²) in [5.41, 5.74) is 5.70. The standard InChI is InChI=1S/C20H26I.C15H19OS.2C13H14F6O6S2.C12H13NO5S.C12H15OS.4CH4/c1-19(2,3)15-7-11-17(12-8-15)21-18-13-9-16(10-14-18)20(4,5)6;1-16-14-8-9-15(17-10-4-5-11-17)13-7-3-2-6-12(13)14;2*1-3-8(2)9-4-6-10(7-5-9)25-27(23,24)13(18,19)11(14,15)12(16,17)26(20,21)22;1-7-8(2)12(15)13(11(7)14)9-3-5-10(6-4-9)19(16,17)18;13-12(10-14-8-4-5-9-14)11-6-2-1-3-7-11;;;;/h7-14H,1-6H3;6-9H,2-5,10-11H2,1H3;2*4-8H,3H2,1-2H3,(H,20,21,22);3-8H,1-2H3,(H,16,17,18);1-3,6-7H,4-5,8-10H2;4*1H4/q2*+1;;;;+1;;;;/p-3. The van der Waals surface area contributed by atoms with Crippen LogP contribution in [0.5, 0.6) is 17.2 Å². The van der Waals surface area contributed by atoms with Crippen LogP contribution in [0.2, 0.25) is 0 Å². The van der Waals surface area contributed by atoms with Crippen LogP contribution in [0.1, 0.15) is 209 Å². The van der Waals surface area contributed by atoms with Gasteiger partial charge in [0, 0.05) is 38.7 Å². The van der Waals surface area contributed by atoms with Gasteiger partial charge >= 0.3 is 74.3 Å². The number of Topliss-reactive ketones (excluding diaryl/α,β-unsaturated/α-hetero) is 1. The molecule has 0 spiro atoms. The molecule has 11 rings (SSSR count). The van der Waals surface area contributed by atoms with Crippen molar-refractivity contribution in [3.8, 4) is 17.2 Å². The maximum Gasteiger partial charge on any atom is 0.450 e. The van der Waals surface area contributed by atoms with Crippen molar-refractivity contribution in [3.63, 3.8) is 0 Å². The van der Waals surface area contributed by atoms with E-state index in [-0.39, 0.29) is 91.1 Å². The summed E-state index contributed by atoms with van der Waals surface area (Å²) in [6.07, 6.45) is 13.9. The molecule has 0 radical (unpaired) electrons. The number of ether oxygens (including phenoxy) is 1. The van der Waals surface area contributed by atoms with Crippen molar-refractivity contribution in [3.05, 3.63) is 209 Å². The number of anilines is 1. The molecule has 2 amide bonds. The van der Waals surface area contributed by atoms with E-state index in [1.54, 1.807) is 39.7 Å². The van der Waals surface area contributed by atoms with E-state index >= 15 is 0 Å². The molecule has 4 atom stereocenters. The van der Waals surface area contributed by atoms with E-state index in [1.165, 1.54) is 120 Å². The average Bonchev–Trinajstić information content (AvgIpc) is 1.12. The van der Waals surface area contributed by atoms with Crippen LogP contribution in [-0.2, 0) is 92.8 Å². The summed E-state index contributed by atoms with van der Waals surface area (Å²) in [4.78, 5) is 37.9. The SMILES string of the molecule is C.C.C.C.CC(C)(C)c1ccc([I+]c2ccc(C(C)(C)C)cc2)cc1.CC1C(=O)N(c2ccc(S(=O)(=O)[O-])cc2)C(=O)C1C.CCC(C)c1ccc(OS(=O)(=O)C(F)(F)C(F)(F)C(F)(F)S(=O)(=O)[O-])cc1.CCC(C)c1ccc(OS(=O)(=O)C(F)(F)C(F)(F)C(F)(F)S(=O)(=O)[O-])cc1.COc1ccc([S+]2CCCC2)c2c1=CCCC=2.O=C(C[S+]1CCCC1)c1ccccc1. The van der Waals surface area contributed by atoms with Gasteiger partial charge in [-0.1, -0.05) is 204 Å². The van der Waals surface area contributed by atoms with Gasteiger partial charge in [0.1, 0.15) is 50.4 Å². The molecule has 0 aromatic heterocycles. The number of ketones is 1. The molecule has 1 aliphatic carbocycles. The molecule has 722 valence electrons. The minimum absolute atomic E-state index is 0. The number of hydrogen-bond acceptors (Lipinski definition) is 19. The normalized spacial score (nSPS) is 16.4. The number of methoxy groups -OCH3 is 1. The van der Waals surface area contributed by atoms with E-state index in [4.69, 9.17) is 4.74 Å². The number of imide groups is 1. The lowest BCUT2D eigenvalue weighted by Crippen LogP contribution is -3.61. The van der Waals surface area contributed by atoms with Crippen molar-refractivity contribution < 1.29 is 157 Å². The molecule has 7 aromatic rings. The Hall–Kier alpha value is -7.29. The Morgan fingerprint density at radius 3 is 1.17 bits per heavy atom. The highest BCUT2D eigenvalue weighted by atomic mass is 127. The van der Waals surface area contributed by atoms with E-state index in [0.717, 1.165) is 64.8 Å². The number of carbonyl (C=O) groups excluding carboxylic acids is 3. The van der Waals surface area contributed by atoms with Gasteiger partial charge in [0.2, 0.25) is 17.6 Å². The molecule has 0 saturated carbocycles. The van der Waals surface area contributed by atoms with Crippen molar-refractivity contribution >= 4 is 108 Å². The molecule has 0 N–H and O–H groups in total. The first kappa shape index (κ1) is 118. The first-order valence-corrected chi connectivity index (χ1v) is 51.3. The van der Waals surface area contributed by atoms with Crippen molar-refractivity contribution in [1.82, 2.24) is 0 Å². The first-order chi connectivity index (χ1) is 57.5. The number of hydrogen-bond donors (Lipinski definition) is 0. The summed E-state index contributed by atoms with van der Waals surface area (Å²) >= 11 is -0.0703.